The Morgan fingerprint density at radius 3 is 2.75 bits per heavy atom. The molecule has 1 aromatic heterocycles. The minimum Gasteiger partial charge on any atom is -0.497 e. The minimum atomic E-state index is -1.03. The number of benzene rings is 1. The molecule has 0 saturated heterocycles. The van der Waals surface area contributed by atoms with Gasteiger partial charge in [0, 0.05) is 13.6 Å². The van der Waals surface area contributed by atoms with Crippen LogP contribution in [0.5, 0.6) is 5.75 Å². The lowest BCUT2D eigenvalue weighted by Gasteiger charge is -2.18. The fraction of sp³-hybridized carbons (Fsp3) is 0.200. The van der Waals surface area contributed by atoms with Crippen molar-refractivity contribution >= 4 is 11.8 Å². The average molecular weight is 272 g/mol. The highest BCUT2D eigenvalue weighted by Crippen LogP contribution is 2.17. The highest BCUT2D eigenvalue weighted by atomic mass is 16.5. The molecule has 0 unspecified atom stereocenters. The van der Waals surface area contributed by atoms with Crippen molar-refractivity contribution in [2.75, 3.05) is 19.1 Å². The topological polar surface area (TPSA) is 62.7 Å². The predicted molar refractivity (Wildman–Crippen MR) is 76.3 cm³/mol. The number of pyridine rings is 1. The van der Waals surface area contributed by atoms with Crippen molar-refractivity contribution in [3.8, 4) is 5.75 Å². The molecule has 5 heteroatoms. The molecule has 0 spiro atoms. The monoisotopic (exact) mass is 272 g/mol. The van der Waals surface area contributed by atoms with Crippen LogP contribution in [0.25, 0.3) is 0 Å². The second-order valence-corrected chi connectivity index (χ2v) is 4.39. The number of methoxy groups -OCH3 is 1. The molecule has 1 aromatic carbocycles. The first-order chi connectivity index (χ1) is 9.60. The maximum absolute atomic E-state index is 10.9. The van der Waals surface area contributed by atoms with E-state index in [4.69, 9.17) is 9.84 Å². The summed E-state index contributed by atoms with van der Waals surface area (Å²) in [6, 6.07) is 12.7. The number of hydrogen-bond donors (Lipinski definition) is 1. The third-order valence-electron chi connectivity index (χ3n) is 2.90. The molecular weight excluding hydrogens is 256 g/mol. The summed E-state index contributed by atoms with van der Waals surface area (Å²) < 4.78 is 5.18. The molecule has 1 heterocycles. The zero-order valence-corrected chi connectivity index (χ0v) is 11.4. The van der Waals surface area contributed by atoms with E-state index in [1.54, 1.807) is 19.2 Å². The van der Waals surface area contributed by atoms with E-state index in [0.717, 1.165) is 11.3 Å². The molecule has 0 aliphatic rings. The van der Waals surface area contributed by atoms with Crippen LogP contribution in [0.1, 0.15) is 16.1 Å². The Hall–Kier alpha value is -2.56. The number of rotatable bonds is 5. The molecule has 20 heavy (non-hydrogen) atoms. The van der Waals surface area contributed by atoms with Crippen LogP contribution in [0.4, 0.5) is 5.82 Å². The van der Waals surface area contributed by atoms with Crippen LogP contribution >= 0.6 is 0 Å². The van der Waals surface area contributed by atoms with Gasteiger partial charge in [0.05, 0.1) is 7.11 Å². The highest BCUT2D eigenvalue weighted by molar-refractivity contribution is 5.85. The van der Waals surface area contributed by atoms with Gasteiger partial charge < -0.3 is 14.7 Å². The van der Waals surface area contributed by atoms with Crippen LogP contribution in [-0.4, -0.2) is 30.2 Å². The molecule has 0 amide bonds. The Morgan fingerprint density at radius 2 is 2.05 bits per heavy atom. The van der Waals surface area contributed by atoms with Crippen LogP contribution in [0.3, 0.4) is 0 Å². The van der Waals surface area contributed by atoms with Crippen molar-refractivity contribution in [1.29, 1.82) is 0 Å². The summed E-state index contributed by atoms with van der Waals surface area (Å²) in [7, 11) is 3.49. The van der Waals surface area contributed by atoms with Crippen LogP contribution < -0.4 is 9.64 Å². The van der Waals surface area contributed by atoms with Crippen molar-refractivity contribution in [3.63, 3.8) is 0 Å². The molecule has 0 bridgehead atoms. The van der Waals surface area contributed by atoms with E-state index in [9.17, 15) is 4.79 Å². The van der Waals surface area contributed by atoms with Crippen molar-refractivity contribution in [3.05, 3.63) is 53.7 Å². The Bertz CT molecular complexity index is 614. The fourth-order valence-corrected chi connectivity index (χ4v) is 1.88. The number of anilines is 1. The molecule has 0 atom stereocenters. The van der Waals surface area contributed by atoms with E-state index in [0.29, 0.717) is 12.4 Å². The molecule has 0 saturated carbocycles. The smallest absolute Gasteiger partial charge is 0.354 e. The minimum absolute atomic E-state index is 0.0417. The van der Waals surface area contributed by atoms with Gasteiger partial charge in [-0.15, -0.1) is 0 Å². The molecule has 0 aliphatic heterocycles. The molecule has 5 nitrogen and oxygen atoms in total. The second kappa shape index (κ2) is 6.06. The molecule has 104 valence electrons. The molecule has 2 aromatic rings. The summed E-state index contributed by atoms with van der Waals surface area (Å²) in [6.45, 7) is 0.618. The maximum Gasteiger partial charge on any atom is 0.354 e. The quantitative estimate of drug-likeness (QED) is 0.905. The van der Waals surface area contributed by atoms with E-state index < -0.39 is 5.97 Å². The molecule has 2 rings (SSSR count). The van der Waals surface area contributed by atoms with Gasteiger partial charge in [0.2, 0.25) is 0 Å². The number of carboxylic acid groups (broad SMARTS) is 1. The summed E-state index contributed by atoms with van der Waals surface area (Å²) in [5.41, 5.74) is 1.11. The summed E-state index contributed by atoms with van der Waals surface area (Å²) in [6.07, 6.45) is 0. The number of carbonyl (C=O) groups is 1. The Morgan fingerprint density at radius 1 is 1.30 bits per heavy atom. The van der Waals surface area contributed by atoms with Crippen LogP contribution in [0, 0.1) is 0 Å². The zero-order chi connectivity index (χ0) is 14.5. The SMILES string of the molecule is COc1cccc(CN(C)c2cccc(C(=O)O)n2)c1. The lowest BCUT2D eigenvalue weighted by Crippen LogP contribution is -2.18. The van der Waals surface area contributed by atoms with Crippen molar-refractivity contribution < 1.29 is 14.6 Å². The van der Waals surface area contributed by atoms with E-state index >= 15 is 0 Å². The number of aromatic carboxylic acids is 1. The summed E-state index contributed by atoms with van der Waals surface area (Å²) in [5, 5.41) is 8.95. The van der Waals surface area contributed by atoms with E-state index in [1.807, 2.05) is 36.2 Å². The van der Waals surface area contributed by atoms with Gasteiger partial charge in [0.15, 0.2) is 5.69 Å². The van der Waals surface area contributed by atoms with Gasteiger partial charge in [-0.05, 0) is 29.8 Å². The van der Waals surface area contributed by atoms with E-state index in [-0.39, 0.29) is 5.69 Å². The van der Waals surface area contributed by atoms with Gasteiger partial charge in [-0.3, -0.25) is 0 Å². The van der Waals surface area contributed by atoms with Gasteiger partial charge >= 0.3 is 5.97 Å². The summed E-state index contributed by atoms with van der Waals surface area (Å²) in [4.78, 5) is 16.9. The lowest BCUT2D eigenvalue weighted by molar-refractivity contribution is 0.0690. The Labute approximate surface area is 117 Å². The first-order valence-corrected chi connectivity index (χ1v) is 6.14. The average Bonchev–Trinajstić information content (AvgIpc) is 2.47. The number of carboxylic acids is 1. The summed E-state index contributed by atoms with van der Waals surface area (Å²) in [5.74, 6) is 0.387. The number of ether oxygens (including phenoxy) is 1. The van der Waals surface area contributed by atoms with Gasteiger partial charge in [0.1, 0.15) is 11.6 Å². The van der Waals surface area contributed by atoms with Crippen molar-refractivity contribution in [2.45, 2.75) is 6.54 Å². The maximum atomic E-state index is 10.9. The Kier molecular flexibility index (Phi) is 4.20. The second-order valence-electron chi connectivity index (χ2n) is 4.39. The number of nitrogens with zero attached hydrogens (tertiary/aromatic N) is 2. The Balaban J connectivity index is 2.16. The van der Waals surface area contributed by atoms with Crippen LogP contribution in [-0.2, 0) is 6.54 Å². The van der Waals surface area contributed by atoms with E-state index in [1.165, 1.54) is 6.07 Å². The molecule has 1 N–H and O–H groups in total. The van der Waals surface area contributed by atoms with Gasteiger partial charge in [-0.25, -0.2) is 9.78 Å². The largest absolute Gasteiger partial charge is 0.497 e. The number of hydrogen-bond acceptors (Lipinski definition) is 4. The van der Waals surface area contributed by atoms with Gasteiger partial charge in [0.25, 0.3) is 0 Å². The first-order valence-electron chi connectivity index (χ1n) is 6.14. The standard InChI is InChI=1S/C15H16N2O3/c1-17(10-11-5-3-6-12(9-11)20-2)14-8-4-7-13(16-14)15(18)19/h3-9H,10H2,1-2H3,(H,18,19). The molecule has 0 aliphatic carbocycles. The van der Waals surface area contributed by atoms with Crippen LogP contribution in [0.15, 0.2) is 42.5 Å². The van der Waals surface area contributed by atoms with E-state index in [2.05, 4.69) is 4.98 Å². The first kappa shape index (κ1) is 13.9. The predicted octanol–water partition coefficient (Wildman–Crippen LogP) is 2.42. The molecule has 0 fully saturated rings. The van der Waals surface area contributed by atoms with Crippen molar-refractivity contribution in [1.82, 2.24) is 4.98 Å². The van der Waals surface area contributed by atoms with Crippen LogP contribution in [0.2, 0.25) is 0 Å². The van der Waals surface area contributed by atoms with Crippen molar-refractivity contribution in [2.24, 2.45) is 0 Å². The zero-order valence-electron chi connectivity index (χ0n) is 11.4. The third-order valence-corrected chi connectivity index (χ3v) is 2.90. The van der Waals surface area contributed by atoms with Gasteiger partial charge in [-0.2, -0.15) is 0 Å². The van der Waals surface area contributed by atoms with Gasteiger partial charge in [-0.1, -0.05) is 18.2 Å². The molecule has 0 radical (unpaired) electrons. The fourth-order valence-electron chi connectivity index (χ4n) is 1.88. The molecular formula is C15H16N2O3. The highest BCUT2D eigenvalue weighted by Gasteiger charge is 2.09. The summed E-state index contributed by atoms with van der Waals surface area (Å²) >= 11 is 0. The third kappa shape index (κ3) is 3.26. The lowest BCUT2D eigenvalue weighted by atomic mass is 10.2. The normalized spacial score (nSPS) is 10.1. The number of aromatic nitrogens is 1.